The zero-order valence-electron chi connectivity index (χ0n) is 17.4. The molecule has 0 fully saturated rings. The summed E-state index contributed by atoms with van der Waals surface area (Å²) in [6, 6.07) is 0. The summed E-state index contributed by atoms with van der Waals surface area (Å²) in [5, 5.41) is 0. The molecule has 0 aromatic rings. The Labute approximate surface area is 180 Å². The zero-order chi connectivity index (χ0) is 25.9. The average Bonchev–Trinajstić information content (AvgIpc) is 2.56. The molecule has 0 bridgehead atoms. The first-order valence-corrected chi connectivity index (χ1v) is 11.0. The first-order chi connectivity index (χ1) is 13.8. The van der Waals surface area contributed by atoms with Crippen LogP contribution in [-0.2, 0) is 29.5 Å². The van der Waals surface area contributed by atoms with Crippen molar-refractivity contribution in [1.82, 2.24) is 4.13 Å². The summed E-state index contributed by atoms with van der Waals surface area (Å²) in [5.41, 5.74) is -12.3. The summed E-state index contributed by atoms with van der Waals surface area (Å²) in [7, 11) is -13.4. The van der Waals surface area contributed by atoms with E-state index in [1.807, 2.05) is 0 Å². The van der Waals surface area contributed by atoms with E-state index in [1.165, 1.54) is 25.7 Å². The van der Waals surface area contributed by atoms with E-state index in [4.69, 9.17) is 9.47 Å². The normalized spacial score (nSPS) is 11.4. The zero-order valence-corrected chi connectivity index (χ0v) is 19.0. The van der Waals surface area contributed by atoms with Gasteiger partial charge in [-0.2, -0.15) is 26.3 Å². The second kappa shape index (κ2) is 20.7. The van der Waals surface area contributed by atoms with Crippen molar-refractivity contribution >= 4 is 27.6 Å². The summed E-state index contributed by atoms with van der Waals surface area (Å²) in [4.78, 5) is 0. The van der Waals surface area contributed by atoms with Crippen LogP contribution in [0.2, 0.25) is 0 Å². The molecule has 0 aliphatic carbocycles. The molecule has 0 amide bonds. The molecule has 20 heteroatoms. The Morgan fingerprint density at radius 3 is 1.03 bits per heavy atom. The number of halogens is 10. The molecule has 0 saturated heterocycles. The number of methoxy groups -OCH3 is 2. The maximum absolute atomic E-state index is 11.5. The maximum Gasteiger partial charge on any atom is 0.762 e. The Hall–Kier alpha value is -0.855. The van der Waals surface area contributed by atoms with Crippen LogP contribution in [0.1, 0.15) is 39.5 Å². The summed E-state index contributed by atoms with van der Waals surface area (Å²) >= 11 is 0. The number of nitrogens with one attached hydrogen (secondary N) is 1. The lowest BCUT2D eigenvalue weighted by Crippen LogP contribution is -3.00. The van der Waals surface area contributed by atoms with Crippen LogP contribution >= 0.6 is 0 Å². The van der Waals surface area contributed by atoms with Gasteiger partial charge in [-0.05, 0) is 12.8 Å². The van der Waals surface area contributed by atoms with Crippen molar-refractivity contribution in [3.05, 3.63) is 0 Å². The number of unbranched alkanes of at least 4 members (excludes halogenated alkanes) is 2. The minimum Gasteiger partial charge on any atom is -1.00 e. The van der Waals surface area contributed by atoms with Crippen LogP contribution in [0.3, 0.4) is 0 Å². The van der Waals surface area contributed by atoms with Gasteiger partial charge in [-0.25, -0.2) is 16.8 Å². The lowest BCUT2D eigenvalue weighted by atomic mass is 10.4. The fourth-order valence-corrected chi connectivity index (χ4v) is 2.73. The molecule has 0 heterocycles. The van der Waals surface area contributed by atoms with E-state index in [0.717, 1.165) is 13.2 Å². The molecule has 0 aromatic carbocycles. The molecular formula is C12H25BF10NO6S2-. The summed E-state index contributed by atoms with van der Waals surface area (Å²) < 4.78 is 147. The van der Waals surface area contributed by atoms with Crippen molar-refractivity contribution in [3.63, 3.8) is 0 Å². The third-order valence-corrected chi connectivity index (χ3v) is 5.21. The Morgan fingerprint density at radius 1 is 0.719 bits per heavy atom. The van der Waals surface area contributed by atoms with Gasteiger partial charge in [0.15, 0.2) is 0 Å². The van der Waals surface area contributed by atoms with E-state index in [2.05, 4.69) is 13.8 Å². The van der Waals surface area contributed by atoms with E-state index in [9.17, 15) is 56.1 Å². The Bertz CT molecular complexity index is 554. The van der Waals surface area contributed by atoms with Gasteiger partial charge in [0.1, 0.15) is 0 Å². The van der Waals surface area contributed by atoms with Gasteiger partial charge in [0.2, 0.25) is 0 Å². The van der Waals surface area contributed by atoms with Crippen molar-refractivity contribution in [2.24, 2.45) is 0 Å². The fourth-order valence-electron chi connectivity index (χ4n) is 0.816. The molecule has 7 nitrogen and oxygen atoms in total. The number of alkyl halides is 6. The molecule has 0 unspecified atom stereocenters. The first kappa shape index (κ1) is 41.4. The third kappa shape index (κ3) is 27.2. The van der Waals surface area contributed by atoms with Gasteiger partial charge >= 0.3 is 38.6 Å². The largest absolute Gasteiger partial charge is 1.00 e. The van der Waals surface area contributed by atoms with Crippen molar-refractivity contribution in [3.8, 4) is 0 Å². The minimum absolute atomic E-state index is 0. The van der Waals surface area contributed by atoms with E-state index < -0.39 is 42.7 Å². The predicted molar refractivity (Wildman–Crippen MR) is 95.7 cm³/mol. The molecule has 200 valence electrons. The van der Waals surface area contributed by atoms with E-state index >= 15 is 0 Å². The Balaban J connectivity index is -0.000000118. The van der Waals surface area contributed by atoms with E-state index in [0.29, 0.717) is 0 Å². The van der Waals surface area contributed by atoms with Gasteiger partial charge in [0.05, 0.1) is 0 Å². The fraction of sp³-hybridized carbons (Fsp3) is 1.00. The quantitative estimate of drug-likeness (QED) is 0.279. The van der Waals surface area contributed by atoms with Crippen LogP contribution in [0, 0.1) is 0 Å². The summed E-state index contributed by atoms with van der Waals surface area (Å²) in [6.07, 6.45) is 4.84. The van der Waals surface area contributed by atoms with Crippen molar-refractivity contribution in [2.75, 3.05) is 27.4 Å². The summed E-state index contributed by atoms with van der Waals surface area (Å²) in [5.74, 6) is 0. The van der Waals surface area contributed by atoms with Gasteiger partial charge in [-0.3, -0.25) is 12.9 Å². The van der Waals surface area contributed by atoms with Gasteiger partial charge in [-0.15, -0.1) is 0 Å². The van der Waals surface area contributed by atoms with Crippen molar-refractivity contribution in [2.45, 2.75) is 50.5 Å². The van der Waals surface area contributed by atoms with E-state index in [1.54, 1.807) is 14.2 Å². The number of ether oxygens (including phenoxy) is 2. The number of hydrogen-bond acceptors (Lipinski definition) is 6. The monoisotopic (exact) mass is 544 g/mol. The van der Waals surface area contributed by atoms with Crippen molar-refractivity contribution < 1.29 is 70.3 Å². The third-order valence-electron chi connectivity index (χ3n) is 2.23. The molecule has 0 spiro atoms. The highest BCUT2D eigenvalue weighted by molar-refractivity contribution is 8.05. The highest BCUT2D eigenvalue weighted by Gasteiger charge is 2.55. The molecule has 32 heavy (non-hydrogen) atoms. The smallest absolute Gasteiger partial charge is 0.762 e. The molecule has 0 radical (unpaired) electrons. The number of rotatable bonds is 8. The van der Waals surface area contributed by atoms with Crippen LogP contribution in [0.5, 0.6) is 0 Å². The molecule has 0 aliphatic heterocycles. The molecule has 0 aliphatic rings. The first-order valence-electron chi connectivity index (χ1n) is 8.08. The molecule has 0 aromatic heterocycles. The molecule has 0 saturated carbocycles. The average molecular weight is 544 g/mol. The highest BCUT2D eigenvalue weighted by Crippen LogP contribution is 2.27. The number of sulfonamides is 2. The van der Waals surface area contributed by atoms with E-state index in [-0.39, 0.29) is 4.70 Å². The van der Waals surface area contributed by atoms with Crippen LogP contribution < -0.4 is 8.83 Å². The lowest BCUT2D eigenvalue weighted by Gasteiger charge is -2.11. The molecule has 0 atom stereocenters. The molecule has 0 rings (SSSR count). The second-order valence-corrected chi connectivity index (χ2v) is 8.53. The predicted octanol–water partition coefficient (Wildman–Crippen LogP) is 1.02. The summed E-state index contributed by atoms with van der Waals surface area (Å²) in [6.45, 7) is 6.13. The standard InChI is InChI=1S/2C5H12O.C2HF6NO4S2.BF3.FH/c2*1-3-4-5-6-2;3-1(4,5)14(10,11)9-15(12,13)2(6,7)8;2-1(3)4;/h2*3-5H2,1-2H3;9H;;1H/p-1. The van der Waals surface area contributed by atoms with Crippen molar-refractivity contribution in [1.29, 1.82) is 0 Å². The van der Waals surface area contributed by atoms with Crippen LogP contribution in [0.25, 0.3) is 0 Å². The molecule has 1 N–H and O–H groups in total. The van der Waals surface area contributed by atoms with Gasteiger partial charge in [0.25, 0.3) is 0 Å². The highest BCUT2D eigenvalue weighted by atomic mass is 32.3. The molecular weight excluding hydrogens is 519 g/mol. The maximum atomic E-state index is 11.5. The van der Waals surface area contributed by atoms with Crippen LogP contribution in [0.4, 0.5) is 39.3 Å². The lowest BCUT2D eigenvalue weighted by molar-refractivity contribution is -0.0476. The topological polar surface area (TPSA) is 98.8 Å². The van der Waals surface area contributed by atoms with Crippen LogP contribution in [0.15, 0.2) is 0 Å². The van der Waals surface area contributed by atoms with Crippen LogP contribution in [-0.4, -0.2) is 62.8 Å². The SMILES string of the molecule is CCCCOC.CCCCOC.FB(F)F.O=S(=O)(NS(=O)(=O)C(F)(F)F)C(F)(F)F.[F-]. The van der Waals surface area contributed by atoms with Gasteiger partial charge in [-0.1, -0.05) is 30.8 Å². The second-order valence-electron chi connectivity index (χ2n) is 4.92. The Kier molecular flexibility index (Phi) is 26.8. The van der Waals surface area contributed by atoms with Gasteiger partial charge in [0, 0.05) is 27.4 Å². The van der Waals surface area contributed by atoms with Gasteiger partial charge < -0.3 is 14.2 Å². The Morgan fingerprint density at radius 2 is 0.938 bits per heavy atom. The minimum atomic E-state index is -6.60. The number of hydrogen-bond donors (Lipinski definition) is 1.